The first-order valence-electron chi connectivity index (χ1n) is 1.27. The molecule has 0 radical (unpaired) electrons. The van der Waals surface area contributed by atoms with Crippen molar-refractivity contribution in [2.24, 2.45) is 0 Å². The normalized spacial score (nSPS) is 5.50. The van der Waals surface area contributed by atoms with E-state index in [0.717, 1.165) is 0 Å². The molecule has 0 nitrogen and oxygen atoms in total. The second-order valence-corrected chi connectivity index (χ2v) is 11.4. The summed E-state index contributed by atoms with van der Waals surface area (Å²) in [6, 6.07) is 0. The van der Waals surface area contributed by atoms with Crippen LogP contribution in [0.15, 0.2) is 0 Å². The number of hydrogen-bond donors (Lipinski definition) is 0. The molecule has 0 aromatic carbocycles. The summed E-state index contributed by atoms with van der Waals surface area (Å²) in [7, 11) is 15.0. The van der Waals surface area contributed by atoms with Crippen LogP contribution in [0, 0.1) is 6.92 Å². The summed E-state index contributed by atoms with van der Waals surface area (Å²) in [5.74, 6) is 0. The minimum absolute atomic E-state index is 1.75. The molecule has 0 saturated heterocycles. The molecule has 0 N–H and O–H groups in total. The molecule has 0 aliphatic carbocycles. The second kappa shape index (κ2) is 9.89. The maximum absolute atomic E-state index is 5.00. The van der Waals surface area contributed by atoms with Crippen LogP contribution in [0.3, 0.4) is 0 Å². The first kappa shape index (κ1) is 10.7. The van der Waals surface area contributed by atoms with Crippen LogP contribution in [0.1, 0.15) is 6.92 Å². The third kappa shape index (κ3) is 42.3. The van der Waals surface area contributed by atoms with Crippen LogP contribution >= 0.6 is 25.5 Å². The van der Waals surface area contributed by atoms with Crippen molar-refractivity contribution in [2.75, 3.05) is 0 Å². The van der Waals surface area contributed by atoms with Gasteiger partial charge in [-0.1, -0.05) is 0 Å². The molecule has 4 heteroatoms. The van der Waals surface area contributed by atoms with E-state index in [1.165, 1.54) is 0 Å². The molecule has 0 saturated carbocycles. The quantitative estimate of drug-likeness (QED) is 0.557. The average Bonchev–Trinajstić information content (AvgIpc) is 1.41. The molecule has 0 atom stereocenters. The molecule has 0 fully saturated rings. The van der Waals surface area contributed by atoms with Crippen molar-refractivity contribution in [1.29, 1.82) is 0 Å². The molecule has 0 aliphatic rings. The third-order valence-electron chi connectivity index (χ3n) is 0. The third-order valence-corrected chi connectivity index (χ3v) is 0. The molecular weight excluding hydrogens is 222 g/mol. The van der Waals surface area contributed by atoms with Gasteiger partial charge in [-0.3, -0.25) is 0 Å². The van der Waals surface area contributed by atoms with Crippen LogP contribution in [-0.2, 0) is 18.2 Å². The molecule has 0 aromatic rings. The van der Waals surface area contributed by atoms with E-state index in [0.29, 0.717) is 0 Å². The predicted molar refractivity (Wildman–Crippen MR) is 28.6 cm³/mol. The van der Waals surface area contributed by atoms with Crippen LogP contribution < -0.4 is 0 Å². The Morgan fingerprint density at radius 1 is 1.17 bits per heavy atom. The summed E-state index contributed by atoms with van der Waals surface area (Å²) in [4.78, 5) is 0. The zero-order valence-electron chi connectivity index (χ0n) is 3.34. The molecule has 6 heavy (non-hydrogen) atoms. The van der Waals surface area contributed by atoms with Crippen LogP contribution in [0.2, 0.25) is 0 Å². The molecule has 0 spiro atoms. The standard InChI is InChI=1S/C2H5.3ClH.Zr/c1-2;;;;/h1H2,2H3;3*1H;/q-1;;;;+3/p-3. The Labute approximate surface area is 57.1 Å². The van der Waals surface area contributed by atoms with Crippen molar-refractivity contribution in [1.82, 2.24) is 0 Å². The topological polar surface area (TPSA) is 0 Å². The van der Waals surface area contributed by atoms with E-state index >= 15 is 0 Å². The average molecular weight is 227 g/mol. The Balaban J connectivity index is 0. The van der Waals surface area contributed by atoms with E-state index in [2.05, 4.69) is 6.92 Å². The molecular formula is C2H5Cl3Zr-. The molecule has 0 amide bonds. The van der Waals surface area contributed by atoms with Gasteiger partial charge in [-0.25, -0.2) is 0 Å². The summed E-state index contributed by atoms with van der Waals surface area (Å²) in [6.07, 6.45) is 0. The summed E-state index contributed by atoms with van der Waals surface area (Å²) in [5, 5.41) is 0. The Morgan fingerprint density at radius 3 is 1.17 bits per heavy atom. The number of halogens is 3. The fraction of sp³-hybridized carbons (Fsp3) is 0.500. The van der Waals surface area contributed by atoms with Crippen LogP contribution in [0.25, 0.3) is 0 Å². The molecule has 0 aromatic heterocycles. The van der Waals surface area contributed by atoms with E-state index in [1.54, 1.807) is 6.92 Å². The van der Waals surface area contributed by atoms with Gasteiger partial charge in [0.05, 0.1) is 0 Å². The first-order chi connectivity index (χ1) is 2.73. The number of hydrogen-bond acceptors (Lipinski definition) is 0. The zero-order valence-corrected chi connectivity index (χ0v) is 8.07. The van der Waals surface area contributed by atoms with Crippen LogP contribution in [0.5, 0.6) is 0 Å². The SMILES string of the molecule is [CH2-]C.[Cl][Zr]([Cl])[Cl]. The fourth-order valence-electron chi connectivity index (χ4n) is 0. The van der Waals surface area contributed by atoms with Gasteiger partial charge in [0.25, 0.3) is 0 Å². The van der Waals surface area contributed by atoms with Gasteiger partial charge < -0.3 is 6.92 Å². The van der Waals surface area contributed by atoms with Gasteiger partial charge in [-0.2, -0.15) is 6.92 Å². The van der Waals surface area contributed by atoms with Crippen LogP contribution in [0.4, 0.5) is 0 Å². The second-order valence-electron chi connectivity index (χ2n) is 0.214. The van der Waals surface area contributed by atoms with Gasteiger partial charge in [0.15, 0.2) is 0 Å². The van der Waals surface area contributed by atoms with Crippen molar-refractivity contribution >= 4 is 25.5 Å². The van der Waals surface area contributed by atoms with Crippen molar-refractivity contribution in [3.05, 3.63) is 6.92 Å². The van der Waals surface area contributed by atoms with Gasteiger partial charge in [-0.15, -0.1) is 0 Å². The Bertz CT molecular complexity index is 13.5. The predicted octanol–water partition coefficient (Wildman–Crippen LogP) is 2.91. The monoisotopic (exact) mass is 224 g/mol. The molecule has 0 bridgehead atoms. The van der Waals surface area contributed by atoms with Gasteiger partial charge in [0.2, 0.25) is 0 Å². The van der Waals surface area contributed by atoms with E-state index in [-0.39, 0.29) is 0 Å². The molecule has 0 unspecified atom stereocenters. The minimum atomic E-state index is -2.13. The Morgan fingerprint density at radius 2 is 1.17 bits per heavy atom. The molecule has 0 heterocycles. The van der Waals surface area contributed by atoms with Gasteiger partial charge in [0.1, 0.15) is 0 Å². The maximum atomic E-state index is 5.00. The Kier molecular flexibility index (Phi) is 17.6. The zero-order chi connectivity index (χ0) is 5.58. The van der Waals surface area contributed by atoms with Crippen molar-refractivity contribution in [2.45, 2.75) is 6.92 Å². The summed E-state index contributed by atoms with van der Waals surface area (Å²) in [6.45, 7) is 5.00. The molecule has 0 aliphatic heterocycles. The van der Waals surface area contributed by atoms with Gasteiger partial charge in [-0.05, 0) is 0 Å². The van der Waals surface area contributed by atoms with Crippen LogP contribution in [-0.4, -0.2) is 0 Å². The van der Waals surface area contributed by atoms with Crippen molar-refractivity contribution in [3.63, 3.8) is 0 Å². The van der Waals surface area contributed by atoms with Gasteiger partial charge in [0, 0.05) is 0 Å². The van der Waals surface area contributed by atoms with E-state index < -0.39 is 18.2 Å². The first-order valence-corrected chi connectivity index (χ1v) is 10.8. The van der Waals surface area contributed by atoms with Crippen molar-refractivity contribution < 1.29 is 18.2 Å². The summed E-state index contributed by atoms with van der Waals surface area (Å²) >= 11 is -2.13. The Hall–Kier alpha value is 1.75. The van der Waals surface area contributed by atoms with E-state index in [4.69, 9.17) is 25.5 Å². The summed E-state index contributed by atoms with van der Waals surface area (Å²) in [5.41, 5.74) is 0. The molecule has 0 rings (SSSR count). The summed E-state index contributed by atoms with van der Waals surface area (Å²) < 4.78 is 0. The van der Waals surface area contributed by atoms with E-state index in [1.807, 2.05) is 0 Å². The van der Waals surface area contributed by atoms with Crippen molar-refractivity contribution in [3.8, 4) is 0 Å². The fourth-order valence-corrected chi connectivity index (χ4v) is 0. The van der Waals surface area contributed by atoms with Gasteiger partial charge >= 0.3 is 43.7 Å². The number of rotatable bonds is 0. The van der Waals surface area contributed by atoms with E-state index in [9.17, 15) is 0 Å². The molecule has 39 valence electrons.